The minimum Gasteiger partial charge on any atom is -0.481 e. The minimum atomic E-state index is -0.832. The molecule has 11 heavy (non-hydrogen) atoms. The average molecular weight is 158 g/mol. The lowest BCUT2D eigenvalue weighted by Crippen LogP contribution is -2.09. The van der Waals surface area contributed by atoms with E-state index in [2.05, 4.69) is 0 Å². The molecular formula is C8H14O3. The largest absolute Gasteiger partial charge is 0.481 e. The second-order valence-corrected chi connectivity index (χ2v) is 2.80. The fourth-order valence-corrected chi connectivity index (χ4v) is 0.903. The zero-order chi connectivity index (χ0) is 8.85. The number of carbonyl (C=O) groups is 2. The van der Waals surface area contributed by atoms with Gasteiger partial charge in [0.15, 0.2) is 0 Å². The number of ketones is 1. The highest BCUT2D eigenvalue weighted by molar-refractivity contribution is 5.79. The molecular weight excluding hydrogens is 144 g/mol. The van der Waals surface area contributed by atoms with Crippen LogP contribution in [-0.4, -0.2) is 16.9 Å². The van der Waals surface area contributed by atoms with Gasteiger partial charge in [-0.3, -0.25) is 9.59 Å². The topological polar surface area (TPSA) is 54.4 Å². The van der Waals surface area contributed by atoms with Crippen LogP contribution in [0.1, 0.15) is 33.1 Å². The van der Waals surface area contributed by atoms with Crippen LogP contribution in [0.25, 0.3) is 0 Å². The molecule has 0 amide bonds. The van der Waals surface area contributed by atoms with Crippen LogP contribution in [0.5, 0.6) is 0 Å². The van der Waals surface area contributed by atoms with Crippen LogP contribution in [0.4, 0.5) is 0 Å². The summed E-state index contributed by atoms with van der Waals surface area (Å²) in [5, 5.41) is 8.36. The highest BCUT2D eigenvalue weighted by Gasteiger charge is 2.10. The standard InChI is InChI=1S/C8H14O3/c1-3-7(9)4-6(2)5-8(10)11/h6H,3-5H2,1-2H3,(H,10,11)/t6-/m1/s1. The van der Waals surface area contributed by atoms with E-state index in [0.29, 0.717) is 12.8 Å². The molecule has 0 fully saturated rings. The van der Waals surface area contributed by atoms with E-state index >= 15 is 0 Å². The van der Waals surface area contributed by atoms with E-state index < -0.39 is 5.97 Å². The lowest BCUT2D eigenvalue weighted by atomic mass is 10.0. The molecule has 0 aromatic carbocycles. The molecule has 0 heterocycles. The molecule has 1 N–H and O–H groups in total. The monoisotopic (exact) mass is 158 g/mol. The van der Waals surface area contributed by atoms with Gasteiger partial charge in [-0.15, -0.1) is 0 Å². The number of aliphatic carboxylic acids is 1. The summed E-state index contributed by atoms with van der Waals surface area (Å²) < 4.78 is 0. The molecule has 0 radical (unpaired) electrons. The van der Waals surface area contributed by atoms with Crippen molar-refractivity contribution < 1.29 is 14.7 Å². The van der Waals surface area contributed by atoms with Crippen LogP contribution in [0.2, 0.25) is 0 Å². The summed E-state index contributed by atoms with van der Waals surface area (Å²) >= 11 is 0. The van der Waals surface area contributed by atoms with E-state index in [9.17, 15) is 9.59 Å². The fourth-order valence-electron chi connectivity index (χ4n) is 0.903. The van der Waals surface area contributed by atoms with E-state index in [1.807, 2.05) is 0 Å². The van der Waals surface area contributed by atoms with E-state index in [0.717, 1.165) is 0 Å². The first-order valence-corrected chi connectivity index (χ1v) is 3.79. The van der Waals surface area contributed by atoms with E-state index in [1.165, 1.54) is 0 Å². The molecule has 0 spiro atoms. The van der Waals surface area contributed by atoms with Gasteiger partial charge >= 0.3 is 5.97 Å². The molecule has 0 aliphatic carbocycles. The maximum absolute atomic E-state index is 10.8. The second kappa shape index (κ2) is 4.88. The Labute approximate surface area is 66.4 Å². The van der Waals surface area contributed by atoms with Crippen molar-refractivity contribution in [2.24, 2.45) is 5.92 Å². The molecule has 0 aromatic rings. The Morgan fingerprint density at radius 1 is 1.36 bits per heavy atom. The SMILES string of the molecule is CCC(=O)C[C@@H](C)CC(=O)O. The zero-order valence-electron chi connectivity index (χ0n) is 6.96. The van der Waals surface area contributed by atoms with Crippen LogP contribution >= 0.6 is 0 Å². The van der Waals surface area contributed by atoms with E-state index in [1.54, 1.807) is 13.8 Å². The quantitative estimate of drug-likeness (QED) is 0.659. The van der Waals surface area contributed by atoms with Gasteiger partial charge in [0.05, 0.1) is 0 Å². The Kier molecular flexibility index (Phi) is 4.50. The van der Waals surface area contributed by atoms with Crippen molar-refractivity contribution in [1.82, 2.24) is 0 Å². The zero-order valence-corrected chi connectivity index (χ0v) is 6.96. The molecule has 3 heteroatoms. The summed E-state index contributed by atoms with van der Waals surface area (Å²) in [6.45, 7) is 3.57. The lowest BCUT2D eigenvalue weighted by molar-refractivity contribution is -0.138. The third-order valence-electron chi connectivity index (χ3n) is 1.49. The van der Waals surface area contributed by atoms with E-state index in [4.69, 9.17) is 5.11 Å². The summed E-state index contributed by atoms with van der Waals surface area (Å²) in [4.78, 5) is 21.0. The summed E-state index contributed by atoms with van der Waals surface area (Å²) in [7, 11) is 0. The van der Waals surface area contributed by atoms with Crippen LogP contribution in [-0.2, 0) is 9.59 Å². The predicted molar refractivity (Wildman–Crippen MR) is 41.3 cm³/mol. The summed E-state index contributed by atoms with van der Waals surface area (Å²) in [6, 6.07) is 0. The Morgan fingerprint density at radius 2 is 1.91 bits per heavy atom. The summed E-state index contributed by atoms with van der Waals surface area (Å²) in [5.74, 6) is -0.722. The highest BCUT2D eigenvalue weighted by Crippen LogP contribution is 2.08. The Morgan fingerprint density at radius 3 is 2.27 bits per heavy atom. The molecule has 3 nitrogen and oxygen atoms in total. The number of rotatable bonds is 5. The molecule has 0 saturated carbocycles. The number of hydrogen-bond donors (Lipinski definition) is 1. The van der Waals surface area contributed by atoms with Crippen molar-refractivity contribution in [2.45, 2.75) is 33.1 Å². The first-order valence-electron chi connectivity index (χ1n) is 3.79. The van der Waals surface area contributed by atoms with Crippen molar-refractivity contribution >= 4 is 11.8 Å². The predicted octanol–water partition coefficient (Wildman–Crippen LogP) is 1.47. The van der Waals surface area contributed by atoms with Crippen molar-refractivity contribution in [3.05, 3.63) is 0 Å². The summed E-state index contributed by atoms with van der Waals surface area (Å²) in [6.07, 6.45) is 0.985. The number of hydrogen-bond acceptors (Lipinski definition) is 2. The third-order valence-corrected chi connectivity index (χ3v) is 1.49. The van der Waals surface area contributed by atoms with Crippen LogP contribution in [0.15, 0.2) is 0 Å². The van der Waals surface area contributed by atoms with Crippen LogP contribution < -0.4 is 0 Å². The van der Waals surface area contributed by atoms with Gasteiger partial charge < -0.3 is 5.11 Å². The summed E-state index contributed by atoms with van der Waals surface area (Å²) in [5.41, 5.74) is 0. The Bertz CT molecular complexity index is 151. The minimum absolute atomic E-state index is 0.0278. The van der Waals surface area contributed by atoms with Gasteiger partial charge in [-0.1, -0.05) is 13.8 Å². The number of carbonyl (C=O) groups excluding carboxylic acids is 1. The smallest absolute Gasteiger partial charge is 0.303 e. The van der Waals surface area contributed by atoms with Gasteiger partial charge in [-0.25, -0.2) is 0 Å². The molecule has 64 valence electrons. The van der Waals surface area contributed by atoms with Gasteiger partial charge in [0.2, 0.25) is 0 Å². The fraction of sp³-hybridized carbons (Fsp3) is 0.750. The molecule has 0 aliphatic rings. The Balaban J connectivity index is 3.60. The number of carboxylic acid groups (broad SMARTS) is 1. The van der Waals surface area contributed by atoms with Gasteiger partial charge in [0.25, 0.3) is 0 Å². The van der Waals surface area contributed by atoms with Crippen LogP contribution in [0, 0.1) is 5.92 Å². The Hall–Kier alpha value is -0.860. The van der Waals surface area contributed by atoms with Crippen molar-refractivity contribution in [2.75, 3.05) is 0 Å². The van der Waals surface area contributed by atoms with E-state index in [-0.39, 0.29) is 18.1 Å². The number of carboxylic acids is 1. The molecule has 0 unspecified atom stereocenters. The van der Waals surface area contributed by atoms with Gasteiger partial charge in [0.1, 0.15) is 5.78 Å². The van der Waals surface area contributed by atoms with Crippen molar-refractivity contribution in [3.63, 3.8) is 0 Å². The van der Waals surface area contributed by atoms with Crippen molar-refractivity contribution in [1.29, 1.82) is 0 Å². The molecule has 0 bridgehead atoms. The molecule has 0 saturated heterocycles. The van der Waals surface area contributed by atoms with Crippen molar-refractivity contribution in [3.8, 4) is 0 Å². The van der Waals surface area contributed by atoms with Gasteiger partial charge in [0, 0.05) is 19.3 Å². The lowest BCUT2D eigenvalue weighted by Gasteiger charge is -2.04. The third kappa shape index (κ3) is 5.58. The van der Waals surface area contributed by atoms with Gasteiger partial charge in [-0.2, -0.15) is 0 Å². The highest BCUT2D eigenvalue weighted by atomic mass is 16.4. The normalized spacial score (nSPS) is 12.5. The maximum atomic E-state index is 10.8. The maximum Gasteiger partial charge on any atom is 0.303 e. The first kappa shape index (κ1) is 10.1. The van der Waals surface area contributed by atoms with Crippen LogP contribution in [0.3, 0.4) is 0 Å². The molecule has 1 atom stereocenters. The van der Waals surface area contributed by atoms with Gasteiger partial charge in [-0.05, 0) is 5.92 Å². The first-order chi connectivity index (χ1) is 5.06. The molecule has 0 aromatic heterocycles. The second-order valence-electron chi connectivity index (χ2n) is 2.80. The average Bonchev–Trinajstić information content (AvgIpc) is 1.85. The number of Topliss-reactive ketones (excluding diaryl/α,β-unsaturated/α-hetero) is 1. The molecule has 0 aliphatic heterocycles. The molecule has 0 rings (SSSR count).